The summed E-state index contributed by atoms with van der Waals surface area (Å²) < 4.78 is 4.94. The molecule has 0 aromatic heterocycles. The number of hydrogen-bond acceptors (Lipinski definition) is 3. The van der Waals surface area contributed by atoms with Crippen LogP contribution in [0.15, 0.2) is 0 Å². The molecule has 0 rings (SSSR count). The Kier molecular flexibility index (Phi) is 7.15. The highest BCUT2D eigenvalue weighted by Gasteiger charge is 2.20. The minimum absolute atomic E-state index is 0.481. The van der Waals surface area contributed by atoms with E-state index in [2.05, 4.69) is 19.2 Å². The maximum atomic E-state index is 9.92. The van der Waals surface area contributed by atoms with E-state index < -0.39 is 5.60 Å². The van der Waals surface area contributed by atoms with Crippen molar-refractivity contribution in [1.29, 1.82) is 0 Å². The first-order valence-electron chi connectivity index (χ1n) is 5.46. The summed E-state index contributed by atoms with van der Waals surface area (Å²) in [6.07, 6.45) is 3.00. The zero-order chi connectivity index (χ0) is 11.0. The van der Waals surface area contributed by atoms with Crippen molar-refractivity contribution < 1.29 is 9.84 Å². The number of methoxy groups -OCH3 is 1. The molecule has 0 heterocycles. The van der Waals surface area contributed by atoms with E-state index in [9.17, 15) is 5.11 Å². The van der Waals surface area contributed by atoms with Crippen molar-refractivity contribution in [2.24, 2.45) is 0 Å². The molecule has 0 bridgehead atoms. The molecular weight excluding hydrogens is 178 g/mol. The molecule has 2 unspecified atom stereocenters. The van der Waals surface area contributed by atoms with Gasteiger partial charge in [0.2, 0.25) is 0 Å². The van der Waals surface area contributed by atoms with E-state index in [1.54, 1.807) is 7.11 Å². The summed E-state index contributed by atoms with van der Waals surface area (Å²) in [5, 5.41) is 13.2. The topological polar surface area (TPSA) is 41.5 Å². The Hall–Kier alpha value is -0.120. The van der Waals surface area contributed by atoms with Crippen LogP contribution in [0.3, 0.4) is 0 Å². The van der Waals surface area contributed by atoms with Crippen LogP contribution in [0.4, 0.5) is 0 Å². The predicted molar refractivity (Wildman–Crippen MR) is 59.5 cm³/mol. The summed E-state index contributed by atoms with van der Waals surface area (Å²) in [7, 11) is 1.66. The fourth-order valence-corrected chi connectivity index (χ4v) is 1.34. The van der Waals surface area contributed by atoms with Crippen LogP contribution in [0.2, 0.25) is 0 Å². The first kappa shape index (κ1) is 13.9. The van der Waals surface area contributed by atoms with Crippen LogP contribution in [0.25, 0.3) is 0 Å². The molecule has 2 atom stereocenters. The quantitative estimate of drug-likeness (QED) is 0.629. The normalized spacial score (nSPS) is 17.8. The molecule has 0 saturated carbocycles. The highest BCUT2D eigenvalue weighted by molar-refractivity contribution is 4.76. The zero-order valence-electron chi connectivity index (χ0n) is 9.97. The van der Waals surface area contributed by atoms with Gasteiger partial charge >= 0.3 is 0 Å². The Morgan fingerprint density at radius 1 is 1.50 bits per heavy atom. The Morgan fingerprint density at radius 2 is 2.14 bits per heavy atom. The zero-order valence-corrected chi connectivity index (χ0v) is 9.97. The number of aliphatic hydroxyl groups is 1. The van der Waals surface area contributed by atoms with Crippen LogP contribution < -0.4 is 5.32 Å². The van der Waals surface area contributed by atoms with E-state index in [-0.39, 0.29) is 0 Å². The molecule has 0 spiro atoms. The highest BCUT2D eigenvalue weighted by Crippen LogP contribution is 2.08. The average molecular weight is 203 g/mol. The molecule has 0 aliphatic carbocycles. The van der Waals surface area contributed by atoms with Gasteiger partial charge in [-0.3, -0.25) is 0 Å². The van der Waals surface area contributed by atoms with Crippen molar-refractivity contribution in [2.75, 3.05) is 20.3 Å². The Morgan fingerprint density at radius 3 is 2.64 bits per heavy atom. The monoisotopic (exact) mass is 203 g/mol. The summed E-state index contributed by atoms with van der Waals surface area (Å²) in [5.74, 6) is 0. The molecule has 0 aliphatic heterocycles. The van der Waals surface area contributed by atoms with E-state index in [1.165, 1.54) is 6.42 Å². The SMILES string of the molecule is CCCC(C)NCC(C)(O)CCOC. The summed E-state index contributed by atoms with van der Waals surface area (Å²) in [6.45, 7) is 7.41. The van der Waals surface area contributed by atoms with Crippen LogP contribution in [0.1, 0.15) is 40.0 Å². The van der Waals surface area contributed by atoms with Gasteiger partial charge in [0.15, 0.2) is 0 Å². The second-order valence-electron chi connectivity index (χ2n) is 4.31. The molecule has 3 nitrogen and oxygen atoms in total. The molecule has 0 saturated heterocycles. The number of rotatable bonds is 8. The minimum atomic E-state index is -0.655. The van der Waals surface area contributed by atoms with Crippen molar-refractivity contribution in [3.05, 3.63) is 0 Å². The van der Waals surface area contributed by atoms with Gasteiger partial charge in [-0.1, -0.05) is 13.3 Å². The molecular formula is C11H25NO2. The largest absolute Gasteiger partial charge is 0.389 e. The summed E-state index contributed by atoms with van der Waals surface area (Å²) >= 11 is 0. The fraction of sp³-hybridized carbons (Fsp3) is 1.00. The molecule has 86 valence electrons. The molecule has 14 heavy (non-hydrogen) atoms. The van der Waals surface area contributed by atoms with Crippen molar-refractivity contribution in [3.63, 3.8) is 0 Å². The minimum Gasteiger partial charge on any atom is -0.389 e. The van der Waals surface area contributed by atoms with Gasteiger partial charge in [0.25, 0.3) is 0 Å². The van der Waals surface area contributed by atoms with Crippen molar-refractivity contribution in [1.82, 2.24) is 5.32 Å². The van der Waals surface area contributed by atoms with Gasteiger partial charge in [0, 0.05) is 32.7 Å². The molecule has 0 radical (unpaired) electrons. The van der Waals surface area contributed by atoms with Crippen molar-refractivity contribution in [2.45, 2.75) is 51.7 Å². The van der Waals surface area contributed by atoms with Crippen LogP contribution in [0, 0.1) is 0 Å². The van der Waals surface area contributed by atoms with E-state index >= 15 is 0 Å². The third kappa shape index (κ3) is 7.30. The summed E-state index contributed by atoms with van der Waals surface area (Å²) in [4.78, 5) is 0. The Bertz CT molecular complexity index is 137. The standard InChI is InChI=1S/C11H25NO2/c1-5-6-10(2)12-9-11(3,13)7-8-14-4/h10,12-13H,5-9H2,1-4H3. The number of nitrogens with one attached hydrogen (secondary N) is 1. The second-order valence-corrected chi connectivity index (χ2v) is 4.31. The van der Waals surface area contributed by atoms with Gasteiger partial charge in [-0.25, -0.2) is 0 Å². The summed E-state index contributed by atoms with van der Waals surface area (Å²) in [6, 6.07) is 0.481. The number of hydrogen-bond donors (Lipinski definition) is 2. The Labute approximate surface area is 87.8 Å². The molecule has 0 aromatic carbocycles. The van der Waals surface area contributed by atoms with E-state index in [4.69, 9.17) is 4.74 Å². The van der Waals surface area contributed by atoms with E-state index in [1.807, 2.05) is 6.92 Å². The third-order valence-corrected chi connectivity index (χ3v) is 2.40. The van der Waals surface area contributed by atoms with Crippen molar-refractivity contribution >= 4 is 0 Å². The number of ether oxygens (including phenoxy) is 1. The van der Waals surface area contributed by atoms with Gasteiger partial charge in [-0.15, -0.1) is 0 Å². The Balaban J connectivity index is 3.63. The lowest BCUT2D eigenvalue weighted by molar-refractivity contribution is 0.0229. The van der Waals surface area contributed by atoms with Crippen LogP contribution in [-0.2, 0) is 4.74 Å². The van der Waals surface area contributed by atoms with Gasteiger partial charge in [0.1, 0.15) is 0 Å². The second kappa shape index (κ2) is 7.21. The predicted octanol–water partition coefficient (Wildman–Crippen LogP) is 1.55. The van der Waals surface area contributed by atoms with Gasteiger partial charge in [-0.2, -0.15) is 0 Å². The first-order chi connectivity index (χ1) is 6.52. The molecule has 0 aliphatic rings. The van der Waals surface area contributed by atoms with Crippen LogP contribution in [-0.4, -0.2) is 37.0 Å². The first-order valence-corrected chi connectivity index (χ1v) is 5.46. The van der Waals surface area contributed by atoms with E-state index in [0.717, 1.165) is 6.42 Å². The molecule has 0 fully saturated rings. The molecule has 0 amide bonds. The lowest BCUT2D eigenvalue weighted by Gasteiger charge is -2.25. The molecule has 2 N–H and O–H groups in total. The maximum Gasteiger partial charge on any atom is 0.0765 e. The molecule has 3 heteroatoms. The third-order valence-electron chi connectivity index (χ3n) is 2.40. The van der Waals surface area contributed by atoms with Gasteiger partial charge in [0.05, 0.1) is 5.60 Å². The van der Waals surface area contributed by atoms with Crippen LogP contribution >= 0.6 is 0 Å². The highest BCUT2D eigenvalue weighted by atomic mass is 16.5. The lowest BCUT2D eigenvalue weighted by atomic mass is 10.0. The lowest BCUT2D eigenvalue weighted by Crippen LogP contribution is -2.42. The average Bonchev–Trinajstić information content (AvgIpc) is 2.13. The fourth-order valence-electron chi connectivity index (χ4n) is 1.34. The van der Waals surface area contributed by atoms with Gasteiger partial charge < -0.3 is 15.2 Å². The van der Waals surface area contributed by atoms with E-state index in [0.29, 0.717) is 25.6 Å². The smallest absolute Gasteiger partial charge is 0.0765 e. The van der Waals surface area contributed by atoms with Crippen molar-refractivity contribution in [3.8, 4) is 0 Å². The molecule has 0 aromatic rings. The van der Waals surface area contributed by atoms with Crippen LogP contribution in [0.5, 0.6) is 0 Å². The van der Waals surface area contributed by atoms with Gasteiger partial charge in [-0.05, 0) is 20.3 Å². The maximum absolute atomic E-state index is 9.92. The summed E-state index contributed by atoms with van der Waals surface area (Å²) in [5.41, 5.74) is -0.655.